The highest BCUT2D eigenvalue weighted by molar-refractivity contribution is 7.90. The highest BCUT2D eigenvalue weighted by atomic mass is 32.2. The van der Waals surface area contributed by atoms with Crippen LogP contribution in [0.1, 0.15) is 49.1 Å². The number of methoxy groups -OCH3 is 1. The zero-order chi connectivity index (χ0) is 27.1. The monoisotopic (exact) mass is 545 g/mol. The van der Waals surface area contributed by atoms with Crippen LogP contribution >= 0.6 is 0 Å². The van der Waals surface area contributed by atoms with Gasteiger partial charge in [0.05, 0.1) is 36.4 Å². The van der Waals surface area contributed by atoms with E-state index in [-0.39, 0.29) is 16.9 Å². The average molecular weight is 546 g/mol. The quantitative estimate of drug-likeness (QED) is 0.267. The molecule has 10 heteroatoms. The van der Waals surface area contributed by atoms with Crippen molar-refractivity contribution in [2.75, 3.05) is 7.11 Å². The third-order valence-corrected chi connectivity index (χ3v) is 9.47. The Morgan fingerprint density at radius 2 is 1.77 bits per heavy atom. The number of hydrogen-bond acceptors (Lipinski definition) is 7. The van der Waals surface area contributed by atoms with Gasteiger partial charge in [-0.1, -0.05) is 43.2 Å². The SMILES string of the molecule is CC[C@@H]1C[C@H](OCc2ccc(OC)cc2)C[C@@H]1c1nnc2cnc3c(ccn3S(=O)(=O)c3ccc(C)cc3)n12. The van der Waals surface area contributed by atoms with Crippen molar-refractivity contribution in [2.24, 2.45) is 5.92 Å². The van der Waals surface area contributed by atoms with Gasteiger partial charge in [-0.25, -0.2) is 17.4 Å². The summed E-state index contributed by atoms with van der Waals surface area (Å²) in [6, 6.07) is 16.5. The van der Waals surface area contributed by atoms with Crippen molar-refractivity contribution in [3.05, 3.63) is 83.9 Å². The molecule has 5 aromatic rings. The molecule has 3 heterocycles. The minimum atomic E-state index is -3.81. The van der Waals surface area contributed by atoms with E-state index >= 15 is 0 Å². The number of rotatable bonds is 8. The highest BCUT2D eigenvalue weighted by Crippen LogP contribution is 2.43. The molecule has 202 valence electrons. The van der Waals surface area contributed by atoms with Crippen molar-refractivity contribution in [3.63, 3.8) is 0 Å². The molecule has 2 aromatic carbocycles. The average Bonchev–Trinajstić information content (AvgIpc) is 3.68. The van der Waals surface area contributed by atoms with Crippen LogP contribution in [0.3, 0.4) is 0 Å². The molecule has 1 aliphatic rings. The molecule has 0 saturated heterocycles. The van der Waals surface area contributed by atoms with Crippen molar-refractivity contribution in [1.82, 2.24) is 23.6 Å². The van der Waals surface area contributed by atoms with Crippen molar-refractivity contribution >= 4 is 26.8 Å². The van der Waals surface area contributed by atoms with Crippen LogP contribution in [-0.4, -0.2) is 45.2 Å². The van der Waals surface area contributed by atoms with Crippen LogP contribution in [0.5, 0.6) is 5.75 Å². The van der Waals surface area contributed by atoms with Gasteiger partial charge in [-0.15, -0.1) is 10.2 Å². The molecule has 1 fully saturated rings. The molecule has 3 aromatic heterocycles. The van der Waals surface area contributed by atoms with E-state index in [0.29, 0.717) is 29.3 Å². The first kappa shape index (κ1) is 25.5. The second-order valence-corrected chi connectivity index (χ2v) is 12.0. The Morgan fingerprint density at radius 1 is 1.00 bits per heavy atom. The molecule has 1 aliphatic carbocycles. The predicted octanol–water partition coefficient (Wildman–Crippen LogP) is 5.12. The normalized spacial score (nSPS) is 19.7. The van der Waals surface area contributed by atoms with Gasteiger partial charge in [0.15, 0.2) is 11.3 Å². The van der Waals surface area contributed by atoms with E-state index in [1.807, 2.05) is 35.6 Å². The molecule has 0 amide bonds. The summed E-state index contributed by atoms with van der Waals surface area (Å²) < 4.78 is 41.7. The lowest BCUT2D eigenvalue weighted by molar-refractivity contribution is 0.0422. The molecule has 0 bridgehead atoms. The van der Waals surface area contributed by atoms with Crippen LogP contribution in [-0.2, 0) is 21.4 Å². The second kappa shape index (κ2) is 10.1. The summed E-state index contributed by atoms with van der Waals surface area (Å²) in [5.74, 6) is 2.16. The van der Waals surface area contributed by atoms with Crippen molar-refractivity contribution in [3.8, 4) is 5.75 Å². The Hall–Kier alpha value is -3.76. The number of fused-ring (bicyclic) bond motifs is 3. The summed E-state index contributed by atoms with van der Waals surface area (Å²) >= 11 is 0. The summed E-state index contributed by atoms with van der Waals surface area (Å²) in [5.41, 5.74) is 3.71. The maximum absolute atomic E-state index is 13.5. The minimum absolute atomic E-state index is 0.0956. The van der Waals surface area contributed by atoms with E-state index in [0.717, 1.165) is 42.0 Å². The lowest BCUT2D eigenvalue weighted by atomic mass is 9.93. The topological polar surface area (TPSA) is 101 Å². The van der Waals surface area contributed by atoms with E-state index in [4.69, 9.17) is 9.47 Å². The summed E-state index contributed by atoms with van der Waals surface area (Å²) in [6.45, 7) is 4.65. The van der Waals surface area contributed by atoms with Crippen LogP contribution in [0.15, 0.2) is 71.9 Å². The van der Waals surface area contributed by atoms with Crippen molar-refractivity contribution in [1.29, 1.82) is 0 Å². The Kier molecular flexibility index (Phi) is 6.60. The molecule has 39 heavy (non-hydrogen) atoms. The van der Waals surface area contributed by atoms with Crippen LogP contribution in [0.25, 0.3) is 16.8 Å². The van der Waals surface area contributed by atoms with Gasteiger partial charge in [0.2, 0.25) is 0 Å². The first-order valence-corrected chi connectivity index (χ1v) is 14.6. The molecular formula is C29H31N5O4S. The van der Waals surface area contributed by atoms with Gasteiger partial charge in [-0.05, 0) is 61.6 Å². The molecule has 0 unspecified atom stereocenters. The standard InChI is InChI=1S/C29H31N5O4S/c1-4-21-15-23(38-18-20-7-9-22(37-3)10-8-20)16-25(21)28-32-31-27-17-30-29-26(34(27)28)13-14-33(29)39(35,36)24-11-5-19(2)6-12-24/h5-14,17,21,23,25H,4,15-16,18H2,1-3H3/t21-,23+,25+/m1/s1. The maximum atomic E-state index is 13.5. The number of benzene rings is 2. The van der Waals surface area contributed by atoms with Crippen LogP contribution in [0.4, 0.5) is 0 Å². The second-order valence-electron chi connectivity index (χ2n) is 10.2. The van der Waals surface area contributed by atoms with E-state index in [1.54, 1.807) is 49.8 Å². The molecule has 6 rings (SSSR count). The van der Waals surface area contributed by atoms with Gasteiger partial charge < -0.3 is 9.47 Å². The first-order valence-electron chi connectivity index (χ1n) is 13.2. The van der Waals surface area contributed by atoms with Gasteiger partial charge in [-0.3, -0.25) is 4.40 Å². The van der Waals surface area contributed by atoms with Crippen LogP contribution in [0.2, 0.25) is 0 Å². The third kappa shape index (κ3) is 4.57. The molecular weight excluding hydrogens is 514 g/mol. The van der Waals surface area contributed by atoms with Gasteiger partial charge in [-0.2, -0.15) is 0 Å². The van der Waals surface area contributed by atoms with E-state index in [2.05, 4.69) is 22.1 Å². The predicted molar refractivity (Wildman–Crippen MR) is 147 cm³/mol. The largest absolute Gasteiger partial charge is 0.497 e. The summed E-state index contributed by atoms with van der Waals surface area (Å²) in [6.07, 6.45) is 5.98. The fraction of sp³-hybridized carbons (Fsp3) is 0.345. The Morgan fingerprint density at radius 3 is 2.49 bits per heavy atom. The zero-order valence-corrected chi connectivity index (χ0v) is 23.0. The zero-order valence-electron chi connectivity index (χ0n) is 22.2. The third-order valence-electron chi connectivity index (χ3n) is 7.79. The Balaban J connectivity index is 1.31. The van der Waals surface area contributed by atoms with Gasteiger partial charge >= 0.3 is 0 Å². The summed E-state index contributed by atoms with van der Waals surface area (Å²) in [7, 11) is -2.16. The van der Waals surface area contributed by atoms with E-state index in [1.165, 1.54) is 3.97 Å². The minimum Gasteiger partial charge on any atom is -0.497 e. The van der Waals surface area contributed by atoms with Crippen molar-refractivity contribution in [2.45, 2.75) is 56.6 Å². The number of hydrogen-bond donors (Lipinski definition) is 0. The van der Waals surface area contributed by atoms with Crippen LogP contribution < -0.4 is 4.74 Å². The lowest BCUT2D eigenvalue weighted by Crippen LogP contribution is -2.13. The number of aryl methyl sites for hydroxylation is 1. The summed E-state index contributed by atoms with van der Waals surface area (Å²) in [5, 5.41) is 8.98. The molecule has 0 aliphatic heterocycles. The van der Waals surface area contributed by atoms with Gasteiger partial charge in [0.1, 0.15) is 11.6 Å². The number of ether oxygens (including phenoxy) is 2. The molecule has 0 spiro atoms. The van der Waals surface area contributed by atoms with E-state index in [9.17, 15) is 8.42 Å². The van der Waals surface area contributed by atoms with Crippen molar-refractivity contribution < 1.29 is 17.9 Å². The number of nitrogens with zero attached hydrogens (tertiary/aromatic N) is 5. The number of aromatic nitrogens is 5. The first-order chi connectivity index (χ1) is 18.9. The molecule has 1 saturated carbocycles. The summed E-state index contributed by atoms with van der Waals surface area (Å²) in [4.78, 5) is 4.69. The Labute approximate surface area is 227 Å². The smallest absolute Gasteiger partial charge is 0.269 e. The fourth-order valence-corrected chi connectivity index (χ4v) is 6.92. The maximum Gasteiger partial charge on any atom is 0.269 e. The lowest BCUT2D eigenvalue weighted by Gasteiger charge is -2.16. The molecule has 9 nitrogen and oxygen atoms in total. The van der Waals surface area contributed by atoms with Gasteiger partial charge in [0, 0.05) is 12.1 Å². The molecule has 3 atom stereocenters. The van der Waals surface area contributed by atoms with Gasteiger partial charge in [0.25, 0.3) is 10.0 Å². The highest BCUT2D eigenvalue weighted by Gasteiger charge is 2.38. The molecule has 0 N–H and O–H groups in total. The molecule has 0 radical (unpaired) electrons. The Bertz CT molecular complexity index is 1730. The van der Waals surface area contributed by atoms with Crippen LogP contribution in [0, 0.1) is 12.8 Å². The fourth-order valence-electron chi connectivity index (χ4n) is 5.62. The van der Waals surface area contributed by atoms with E-state index < -0.39 is 10.0 Å².